The number of likely N-dealkylation sites (tertiary alicyclic amines) is 2. The monoisotopic (exact) mass is 1360 g/mol. The molecule has 2 amide bonds. The zero-order valence-electron chi connectivity index (χ0n) is 49.5. The van der Waals surface area contributed by atoms with E-state index in [-0.39, 0.29) is 58.4 Å². The predicted octanol–water partition coefficient (Wildman–Crippen LogP) is 10.7. The van der Waals surface area contributed by atoms with Crippen molar-refractivity contribution in [2.75, 3.05) is 71.5 Å². The molecule has 0 spiro atoms. The maximum absolute atomic E-state index is 14.1. The summed E-state index contributed by atoms with van der Waals surface area (Å²) < 4.78 is 109. The van der Waals surface area contributed by atoms with Gasteiger partial charge >= 0.3 is 23.1 Å². The lowest BCUT2D eigenvalue weighted by atomic mass is 9.87. The van der Waals surface area contributed by atoms with Crippen LogP contribution in [0.5, 0.6) is 0 Å². The first-order valence-electron chi connectivity index (χ1n) is 28.8. The average molecular weight is 1360 g/mol. The summed E-state index contributed by atoms with van der Waals surface area (Å²) in [5.41, 5.74) is 8.89. The van der Waals surface area contributed by atoms with Gasteiger partial charge in [-0.15, -0.1) is 0 Å². The van der Waals surface area contributed by atoms with Gasteiger partial charge in [-0.2, -0.15) is 16.8 Å². The SMILES string of the molecule is CCCN(C(=O)Cc1ccc(S(C)(=O)=O)cc1)C1CCN(CC[C@H](c2ccc(C)cc2)c2cccc([123I])c2)CC1.Cc1ccc([C@@H](CCN2CCC(N(CC[18F])C(=O)Cc3ccc(S(C)(=O)=O)cc3)CC2)c2cccc(F)c2)cc1.O=S=O.O=S=O. The zero-order valence-corrected chi connectivity index (χ0v) is 55.0. The highest BCUT2D eigenvalue weighted by molar-refractivity contribution is 14.1. The molecular formula is C65H79F2IN4O10S4. The maximum atomic E-state index is 14.1. The van der Waals surface area contributed by atoms with E-state index >= 15 is 0 Å². The van der Waals surface area contributed by atoms with Crippen LogP contribution in [-0.2, 0) is 65.2 Å². The molecule has 2 aliphatic heterocycles. The smallest absolute Gasteiger partial charge is 0.335 e. The van der Waals surface area contributed by atoms with E-state index in [2.05, 4.69) is 131 Å². The van der Waals surface area contributed by atoms with Gasteiger partial charge < -0.3 is 19.6 Å². The van der Waals surface area contributed by atoms with Crippen LogP contribution in [0.4, 0.5) is 8.78 Å². The number of halogens is 3. The van der Waals surface area contributed by atoms with E-state index in [9.17, 15) is 35.2 Å². The van der Waals surface area contributed by atoms with Crippen molar-refractivity contribution < 1.29 is 52.0 Å². The summed E-state index contributed by atoms with van der Waals surface area (Å²) >= 11 is 0.900. The Morgan fingerprint density at radius 3 is 1.28 bits per heavy atom. The first-order valence-corrected chi connectivity index (χ1v) is 35.0. The van der Waals surface area contributed by atoms with Crippen LogP contribution in [0.1, 0.15) is 108 Å². The van der Waals surface area contributed by atoms with E-state index in [4.69, 9.17) is 16.8 Å². The Kier molecular flexibility index (Phi) is 29.7. The van der Waals surface area contributed by atoms with Crippen molar-refractivity contribution in [1.29, 1.82) is 0 Å². The summed E-state index contributed by atoms with van der Waals surface area (Å²) in [6.45, 7) is 12.0. The van der Waals surface area contributed by atoms with Crippen molar-refractivity contribution >= 4 is 77.2 Å². The molecule has 2 atom stereocenters. The van der Waals surface area contributed by atoms with Crippen LogP contribution in [0.15, 0.2) is 155 Å². The van der Waals surface area contributed by atoms with Crippen molar-refractivity contribution in [3.05, 3.63) is 199 Å². The molecule has 2 aliphatic rings. The van der Waals surface area contributed by atoms with Gasteiger partial charge in [0.2, 0.25) is 11.8 Å². The first kappa shape index (κ1) is 71.1. The molecule has 6 aromatic rings. The Morgan fingerprint density at radius 2 is 0.930 bits per heavy atom. The molecule has 0 aliphatic carbocycles. The van der Waals surface area contributed by atoms with E-state index in [1.165, 1.54) is 50.3 Å². The minimum atomic E-state index is -3.31. The highest BCUT2D eigenvalue weighted by Gasteiger charge is 2.30. The molecule has 2 heterocycles. The lowest BCUT2D eigenvalue weighted by Gasteiger charge is -2.39. The van der Waals surface area contributed by atoms with Gasteiger partial charge in [-0.3, -0.25) is 9.59 Å². The van der Waals surface area contributed by atoms with Crippen LogP contribution < -0.4 is 0 Å². The molecule has 464 valence electrons. The van der Waals surface area contributed by atoms with Crippen molar-refractivity contribution in [1.82, 2.24) is 19.6 Å². The summed E-state index contributed by atoms with van der Waals surface area (Å²) in [7, 11) is -6.55. The van der Waals surface area contributed by atoms with Crippen LogP contribution >= 0.6 is 22.6 Å². The Hall–Kier alpha value is -5.69. The number of carbonyl (C=O) groups excluding carboxylic acids is 2. The maximum Gasteiger partial charge on any atom is 0.335 e. The second-order valence-electron chi connectivity index (χ2n) is 21.9. The normalized spacial score (nSPS) is 14.8. The summed E-state index contributed by atoms with van der Waals surface area (Å²) in [6, 6.07) is 46.3. The fourth-order valence-electron chi connectivity index (χ4n) is 11.2. The van der Waals surface area contributed by atoms with Crippen LogP contribution in [0, 0.1) is 23.2 Å². The van der Waals surface area contributed by atoms with Crippen molar-refractivity contribution in [3.63, 3.8) is 0 Å². The molecule has 0 N–H and O–H groups in total. The molecular weight excluding hydrogens is 1280 g/mol. The fraction of sp³-hybridized carbons (Fsp3) is 0.415. The molecule has 0 saturated carbocycles. The number of carbonyl (C=O) groups is 2. The molecule has 2 saturated heterocycles. The average Bonchev–Trinajstić information content (AvgIpc) is 3.55. The second-order valence-corrected chi connectivity index (χ2v) is 27.5. The Labute approximate surface area is 528 Å². The summed E-state index contributed by atoms with van der Waals surface area (Å²) in [5.74, 6) is 0.187. The summed E-state index contributed by atoms with van der Waals surface area (Å²) in [5, 5.41) is 0. The van der Waals surface area contributed by atoms with Crippen molar-refractivity contribution in [2.45, 2.75) is 112 Å². The van der Waals surface area contributed by atoms with Gasteiger partial charge in [0.1, 0.15) is 12.5 Å². The van der Waals surface area contributed by atoms with Gasteiger partial charge in [0, 0.05) is 79.3 Å². The molecule has 86 heavy (non-hydrogen) atoms. The third-order valence-electron chi connectivity index (χ3n) is 15.8. The van der Waals surface area contributed by atoms with Crippen molar-refractivity contribution in [3.8, 4) is 0 Å². The lowest BCUT2D eigenvalue weighted by molar-refractivity contribution is -0.134. The lowest BCUT2D eigenvalue weighted by Crippen LogP contribution is -2.48. The molecule has 14 nitrogen and oxygen atoms in total. The van der Waals surface area contributed by atoms with Gasteiger partial charge in [0.25, 0.3) is 0 Å². The van der Waals surface area contributed by atoms with Gasteiger partial charge in [-0.05, 0) is 176 Å². The highest BCUT2D eigenvalue weighted by Crippen LogP contribution is 2.32. The topological polar surface area (TPSA) is 184 Å². The van der Waals surface area contributed by atoms with Crippen LogP contribution in [0.25, 0.3) is 0 Å². The number of amides is 2. The standard InChI is InChI=1S/C33H41IN2O3S.C32H38F2N2O3S.2O2S/c1-4-19-36(33(37)23-26-10-14-31(15-11-26)40(3,38)39)30-16-20-35(21-17-30)22-18-32(27-12-8-25(2)9-13-27)28-6-5-7-29(34)24-28;1-24-6-10-26(11-7-24)31(27-4-3-5-28(34)23-27)16-20-35-18-14-29(15-19-35)36(21-17-33)32(37)22-25-8-12-30(13-9-25)40(2,38)39;2*1-3-2/h5-15,24,30,32H,4,16-23H2,1-3H3;3-13,23,29,31H,14-22H2,1-2H3;;/t32-;31-;;/m11../s1/i34-4;33-1;;. The summed E-state index contributed by atoms with van der Waals surface area (Å²) in [4.78, 5) is 35.6. The van der Waals surface area contributed by atoms with E-state index in [1.807, 2.05) is 6.07 Å². The summed E-state index contributed by atoms with van der Waals surface area (Å²) in [6.07, 6.45) is 9.07. The fourth-order valence-corrected chi connectivity index (χ4v) is 13.1. The Bertz CT molecular complexity index is 3170. The number of piperidine rings is 2. The van der Waals surface area contributed by atoms with Gasteiger partial charge in [-0.1, -0.05) is 115 Å². The molecule has 6 aromatic carbocycles. The third-order valence-corrected chi connectivity index (χ3v) is 18.7. The van der Waals surface area contributed by atoms with Gasteiger partial charge in [-0.25, -0.2) is 25.6 Å². The molecule has 8 rings (SSSR count). The van der Waals surface area contributed by atoms with Crippen LogP contribution in [0.2, 0.25) is 0 Å². The minimum absolute atomic E-state index is 0.0362. The molecule has 2 fully saturated rings. The van der Waals surface area contributed by atoms with Crippen LogP contribution in [0.3, 0.4) is 0 Å². The Balaban J connectivity index is 0.000000288. The van der Waals surface area contributed by atoms with Crippen LogP contribution in [-0.4, -0.2) is 149 Å². The van der Waals surface area contributed by atoms with E-state index < -0.39 is 49.5 Å². The van der Waals surface area contributed by atoms with Gasteiger partial charge in [0.15, 0.2) is 19.7 Å². The number of benzene rings is 6. The number of rotatable bonds is 22. The van der Waals surface area contributed by atoms with E-state index in [1.54, 1.807) is 53.4 Å². The number of alkyl halides is 1. The first-order chi connectivity index (χ1) is 41.1. The molecule has 0 aromatic heterocycles. The molecule has 0 bridgehead atoms. The third kappa shape index (κ3) is 23.1. The van der Waals surface area contributed by atoms with Gasteiger partial charge in [0.05, 0.1) is 22.6 Å². The molecule has 21 heteroatoms. The number of hydrogen-bond donors (Lipinski definition) is 0. The second kappa shape index (κ2) is 36.0. The number of aryl methyl sites for hydroxylation is 2. The van der Waals surface area contributed by atoms with Crippen molar-refractivity contribution in [2.24, 2.45) is 0 Å². The minimum Gasteiger partial charge on any atom is -0.339 e. The largest absolute Gasteiger partial charge is 0.339 e. The number of sulfone groups is 2. The molecule has 0 radical (unpaired) electrons. The highest BCUT2D eigenvalue weighted by atomic mass is 123. The number of hydrogen-bond acceptors (Lipinski definition) is 12. The number of nitrogens with zero attached hydrogens (tertiary/aromatic N) is 4. The zero-order chi connectivity index (χ0) is 62.8. The quantitative estimate of drug-likeness (QED) is 0.0587. The predicted molar refractivity (Wildman–Crippen MR) is 344 cm³/mol. The Morgan fingerprint density at radius 1 is 0.558 bits per heavy atom. The van der Waals surface area contributed by atoms with E-state index in [0.717, 1.165) is 114 Å². The van der Waals surface area contributed by atoms with E-state index in [0.29, 0.717) is 17.9 Å². The molecule has 0 unspecified atom stereocenters.